The molecule has 1 aliphatic heterocycles. The standard InChI is InChI=1S/C15H13N3O3/c1-19-14-8-16-3-2-9(14)15-17-10-6-12-13(7-11(10)18-15)21-5-4-20-12/h2-3,6-8H,4-5H2,1H3,(H,17,18). The molecule has 0 spiro atoms. The number of nitrogens with one attached hydrogen (secondary N) is 1. The van der Waals surface area contributed by atoms with Gasteiger partial charge in [-0.25, -0.2) is 4.98 Å². The largest absolute Gasteiger partial charge is 0.494 e. The molecule has 0 radical (unpaired) electrons. The molecule has 3 aromatic rings. The molecule has 0 saturated heterocycles. The molecule has 6 nitrogen and oxygen atoms in total. The van der Waals surface area contributed by atoms with E-state index in [0.29, 0.717) is 19.0 Å². The molecule has 21 heavy (non-hydrogen) atoms. The van der Waals surface area contributed by atoms with Gasteiger partial charge in [0.15, 0.2) is 11.5 Å². The minimum atomic E-state index is 0.563. The van der Waals surface area contributed by atoms with Crippen molar-refractivity contribution in [3.8, 4) is 28.6 Å². The van der Waals surface area contributed by atoms with Gasteiger partial charge in [0.05, 0.1) is 29.9 Å². The van der Waals surface area contributed by atoms with Gasteiger partial charge in [-0.1, -0.05) is 0 Å². The van der Waals surface area contributed by atoms with E-state index in [0.717, 1.165) is 33.9 Å². The van der Waals surface area contributed by atoms with E-state index in [-0.39, 0.29) is 0 Å². The fourth-order valence-electron chi connectivity index (χ4n) is 2.41. The summed E-state index contributed by atoms with van der Waals surface area (Å²) in [6, 6.07) is 5.66. The first-order valence-electron chi connectivity index (χ1n) is 6.63. The Bertz CT molecular complexity index is 770. The summed E-state index contributed by atoms with van der Waals surface area (Å²) in [5, 5.41) is 0. The number of nitrogens with zero attached hydrogens (tertiary/aromatic N) is 2. The number of imidazole rings is 1. The summed E-state index contributed by atoms with van der Waals surface area (Å²) in [7, 11) is 1.61. The number of fused-ring (bicyclic) bond motifs is 2. The van der Waals surface area contributed by atoms with Crippen molar-refractivity contribution in [2.75, 3.05) is 20.3 Å². The highest BCUT2D eigenvalue weighted by Gasteiger charge is 2.16. The Balaban J connectivity index is 1.87. The molecule has 0 aliphatic carbocycles. The van der Waals surface area contributed by atoms with Crippen LogP contribution >= 0.6 is 0 Å². The van der Waals surface area contributed by atoms with Crippen LogP contribution in [0.15, 0.2) is 30.6 Å². The van der Waals surface area contributed by atoms with Crippen LogP contribution in [0.25, 0.3) is 22.4 Å². The number of H-pyrrole nitrogens is 1. The average molecular weight is 283 g/mol. The van der Waals surface area contributed by atoms with Crippen LogP contribution in [0.3, 0.4) is 0 Å². The van der Waals surface area contributed by atoms with Gasteiger partial charge in [-0.05, 0) is 6.07 Å². The fourth-order valence-corrected chi connectivity index (χ4v) is 2.41. The summed E-state index contributed by atoms with van der Waals surface area (Å²) in [5.41, 5.74) is 2.59. The smallest absolute Gasteiger partial charge is 0.163 e. The van der Waals surface area contributed by atoms with Gasteiger partial charge in [-0.2, -0.15) is 0 Å². The number of aromatic nitrogens is 3. The van der Waals surface area contributed by atoms with Crippen LogP contribution in [-0.2, 0) is 0 Å². The summed E-state index contributed by atoms with van der Waals surface area (Å²) >= 11 is 0. The van der Waals surface area contributed by atoms with Crippen molar-refractivity contribution >= 4 is 11.0 Å². The molecule has 0 unspecified atom stereocenters. The van der Waals surface area contributed by atoms with Crippen LogP contribution in [-0.4, -0.2) is 35.3 Å². The van der Waals surface area contributed by atoms with Crippen LogP contribution in [0.5, 0.6) is 17.2 Å². The van der Waals surface area contributed by atoms with E-state index in [9.17, 15) is 0 Å². The van der Waals surface area contributed by atoms with Crippen molar-refractivity contribution in [3.05, 3.63) is 30.6 Å². The Hall–Kier alpha value is -2.76. The quantitative estimate of drug-likeness (QED) is 0.782. The van der Waals surface area contributed by atoms with Crippen LogP contribution < -0.4 is 14.2 Å². The molecule has 1 aromatic carbocycles. The number of pyridine rings is 1. The van der Waals surface area contributed by atoms with Crippen LogP contribution in [0.2, 0.25) is 0 Å². The first-order valence-corrected chi connectivity index (χ1v) is 6.63. The lowest BCUT2D eigenvalue weighted by Gasteiger charge is -2.17. The number of benzene rings is 1. The second-order valence-electron chi connectivity index (χ2n) is 4.67. The first kappa shape index (κ1) is 12.0. The number of ether oxygens (including phenoxy) is 3. The van der Waals surface area contributed by atoms with Gasteiger partial charge in [-0.15, -0.1) is 0 Å². The predicted octanol–water partition coefficient (Wildman–Crippen LogP) is 2.40. The summed E-state index contributed by atoms with van der Waals surface area (Å²) in [6.45, 7) is 1.13. The third-order valence-corrected chi connectivity index (χ3v) is 3.41. The maximum atomic E-state index is 5.58. The zero-order valence-electron chi connectivity index (χ0n) is 11.4. The van der Waals surface area contributed by atoms with E-state index < -0.39 is 0 Å². The summed E-state index contributed by atoms with van der Waals surface area (Å²) in [6.07, 6.45) is 3.38. The molecule has 0 fully saturated rings. The summed E-state index contributed by atoms with van der Waals surface area (Å²) in [5.74, 6) is 2.87. The molecule has 6 heteroatoms. The Kier molecular flexibility index (Phi) is 2.67. The lowest BCUT2D eigenvalue weighted by atomic mass is 10.2. The van der Waals surface area contributed by atoms with E-state index in [1.807, 2.05) is 18.2 Å². The van der Waals surface area contributed by atoms with Crippen LogP contribution in [0, 0.1) is 0 Å². The number of rotatable bonds is 2. The van der Waals surface area contributed by atoms with Crippen LogP contribution in [0.1, 0.15) is 0 Å². The van der Waals surface area contributed by atoms with Gasteiger partial charge in [0.25, 0.3) is 0 Å². The van der Waals surface area contributed by atoms with Crippen molar-refractivity contribution < 1.29 is 14.2 Å². The zero-order chi connectivity index (χ0) is 14.2. The number of aromatic amines is 1. The van der Waals surface area contributed by atoms with Crippen molar-refractivity contribution in [2.24, 2.45) is 0 Å². The molecule has 2 aromatic heterocycles. The monoisotopic (exact) mass is 283 g/mol. The Morgan fingerprint density at radius 3 is 2.81 bits per heavy atom. The minimum Gasteiger partial charge on any atom is -0.494 e. The normalized spacial score (nSPS) is 13.4. The van der Waals surface area contributed by atoms with Crippen molar-refractivity contribution in [3.63, 3.8) is 0 Å². The van der Waals surface area contributed by atoms with Gasteiger partial charge < -0.3 is 19.2 Å². The highest BCUT2D eigenvalue weighted by Crippen LogP contribution is 2.35. The van der Waals surface area contributed by atoms with E-state index >= 15 is 0 Å². The van der Waals surface area contributed by atoms with Crippen molar-refractivity contribution in [1.82, 2.24) is 15.0 Å². The Morgan fingerprint density at radius 2 is 2.00 bits per heavy atom. The maximum absolute atomic E-state index is 5.58. The maximum Gasteiger partial charge on any atom is 0.163 e. The molecule has 4 rings (SSSR count). The van der Waals surface area contributed by atoms with E-state index in [2.05, 4.69) is 15.0 Å². The van der Waals surface area contributed by atoms with Gasteiger partial charge in [0.2, 0.25) is 0 Å². The third-order valence-electron chi connectivity index (χ3n) is 3.41. The highest BCUT2D eigenvalue weighted by molar-refractivity contribution is 5.83. The SMILES string of the molecule is COc1cnccc1-c1nc2cc3c(cc2[nH]1)OCCO3. The van der Waals surface area contributed by atoms with Crippen LogP contribution in [0.4, 0.5) is 0 Å². The van der Waals surface area contributed by atoms with E-state index in [1.54, 1.807) is 19.5 Å². The molecular weight excluding hydrogens is 270 g/mol. The first-order chi connectivity index (χ1) is 10.3. The Morgan fingerprint density at radius 1 is 1.19 bits per heavy atom. The molecule has 1 N–H and O–H groups in total. The third kappa shape index (κ3) is 1.96. The van der Waals surface area contributed by atoms with E-state index in [1.165, 1.54) is 0 Å². The van der Waals surface area contributed by atoms with Gasteiger partial charge in [0.1, 0.15) is 24.8 Å². The molecule has 0 saturated carbocycles. The molecule has 3 heterocycles. The van der Waals surface area contributed by atoms with Crippen molar-refractivity contribution in [1.29, 1.82) is 0 Å². The molecule has 106 valence electrons. The topological polar surface area (TPSA) is 69.3 Å². The fraction of sp³-hybridized carbons (Fsp3) is 0.200. The average Bonchev–Trinajstić information content (AvgIpc) is 2.95. The molecule has 0 atom stereocenters. The molecule has 1 aliphatic rings. The lowest BCUT2D eigenvalue weighted by Crippen LogP contribution is -2.15. The van der Waals surface area contributed by atoms with Crippen molar-refractivity contribution in [2.45, 2.75) is 0 Å². The summed E-state index contributed by atoms with van der Waals surface area (Å²) in [4.78, 5) is 11.9. The van der Waals surface area contributed by atoms with Gasteiger partial charge >= 0.3 is 0 Å². The molecule has 0 amide bonds. The van der Waals surface area contributed by atoms with Gasteiger partial charge in [-0.3, -0.25) is 4.98 Å². The molecular formula is C15H13N3O3. The number of hydrogen-bond donors (Lipinski definition) is 1. The van der Waals surface area contributed by atoms with Gasteiger partial charge in [0, 0.05) is 18.3 Å². The second kappa shape index (κ2) is 4.66. The second-order valence-corrected chi connectivity index (χ2v) is 4.67. The lowest BCUT2D eigenvalue weighted by molar-refractivity contribution is 0.172. The number of hydrogen-bond acceptors (Lipinski definition) is 5. The highest BCUT2D eigenvalue weighted by atomic mass is 16.6. The minimum absolute atomic E-state index is 0.563. The number of methoxy groups -OCH3 is 1. The Labute approximate surface area is 120 Å². The molecule has 0 bridgehead atoms. The summed E-state index contributed by atoms with van der Waals surface area (Å²) < 4.78 is 16.5. The zero-order valence-corrected chi connectivity index (χ0v) is 11.4. The predicted molar refractivity (Wildman–Crippen MR) is 76.9 cm³/mol. The van der Waals surface area contributed by atoms with E-state index in [4.69, 9.17) is 14.2 Å².